The third-order valence-electron chi connectivity index (χ3n) is 3.72. The molecule has 0 heterocycles. The molecule has 0 aliphatic carbocycles. The van der Waals surface area contributed by atoms with Gasteiger partial charge in [0.05, 0.1) is 10.0 Å². The molecule has 0 fully saturated rings. The zero-order valence-corrected chi connectivity index (χ0v) is 14.4. The van der Waals surface area contributed by atoms with Crippen LogP contribution in [0.4, 0.5) is 0 Å². The Morgan fingerprint density at radius 2 is 1.65 bits per heavy atom. The van der Waals surface area contributed by atoms with Crippen LogP contribution in [0.2, 0.25) is 10.0 Å². The van der Waals surface area contributed by atoms with E-state index in [1.165, 1.54) is 25.7 Å². The van der Waals surface area contributed by atoms with Crippen LogP contribution in [0.1, 0.15) is 64.5 Å². The number of benzene rings is 1. The van der Waals surface area contributed by atoms with Crippen molar-refractivity contribution in [3.05, 3.63) is 33.8 Å². The molecule has 1 nitrogen and oxygen atoms in total. The van der Waals surface area contributed by atoms with Crippen molar-refractivity contribution in [2.75, 3.05) is 6.54 Å². The molecule has 3 heteroatoms. The van der Waals surface area contributed by atoms with E-state index in [0.717, 1.165) is 18.5 Å². The second kappa shape index (κ2) is 9.65. The van der Waals surface area contributed by atoms with E-state index >= 15 is 0 Å². The zero-order chi connectivity index (χ0) is 15.0. The van der Waals surface area contributed by atoms with E-state index in [1.54, 1.807) is 0 Å². The summed E-state index contributed by atoms with van der Waals surface area (Å²) in [6.07, 6.45) is 5.97. The van der Waals surface area contributed by atoms with Crippen LogP contribution in [0, 0.1) is 5.92 Å². The van der Waals surface area contributed by atoms with Crippen molar-refractivity contribution < 1.29 is 0 Å². The number of rotatable bonds is 9. The molecular formula is C17H27Cl2N. The van der Waals surface area contributed by atoms with Gasteiger partial charge in [0.2, 0.25) is 0 Å². The van der Waals surface area contributed by atoms with Crippen molar-refractivity contribution >= 4 is 23.2 Å². The van der Waals surface area contributed by atoms with E-state index in [4.69, 9.17) is 23.2 Å². The van der Waals surface area contributed by atoms with Crippen LogP contribution >= 0.6 is 23.2 Å². The lowest BCUT2D eigenvalue weighted by molar-refractivity contribution is 0.316. The summed E-state index contributed by atoms with van der Waals surface area (Å²) >= 11 is 12.6. The molecule has 0 saturated carbocycles. The summed E-state index contributed by atoms with van der Waals surface area (Å²) in [6, 6.07) is 6.28. The fraction of sp³-hybridized carbons (Fsp3) is 0.647. The maximum Gasteiger partial charge on any atom is 0.0640 e. The van der Waals surface area contributed by atoms with E-state index in [9.17, 15) is 0 Å². The Hall–Kier alpha value is -0.240. The molecule has 1 aromatic carbocycles. The molecule has 0 bridgehead atoms. The van der Waals surface area contributed by atoms with Gasteiger partial charge < -0.3 is 5.32 Å². The minimum Gasteiger partial charge on any atom is -0.310 e. The molecule has 1 unspecified atom stereocenters. The maximum absolute atomic E-state index is 6.44. The van der Waals surface area contributed by atoms with Crippen LogP contribution in [-0.2, 0) is 0 Å². The van der Waals surface area contributed by atoms with Gasteiger partial charge in [0.1, 0.15) is 0 Å². The Bertz CT molecular complexity index is 387. The normalized spacial score (nSPS) is 12.9. The van der Waals surface area contributed by atoms with Gasteiger partial charge in [-0.25, -0.2) is 0 Å². The van der Waals surface area contributed by atoms with Gasteiger partial charge in [-0.3, -0.25) is 0 Å². The van der Waals surface area contributed by atoms with Crippen LogP contribution < -0.4 is 5.32 Å². The second-order valence-electron chi connectivity index (χ2n) is 5.41. The lowest BCUT2D eigenvalue weighted by Crippen LogP contribution is -2.29. The first-order chi connectivity index (χ1) is 9.65. The summed E-state index contributed by atoms with van der Waals surface area (Å²) in [5.74, 6) is 0.618. The summed E-state index contributed by atoms with van der Waals surface area (Å²) < 4.78 is 0. The van der Waals surface area contributed by atoms with E-state index in [2.05, 4.69) is 32.2 Å². The SMILES string of the molecule is CCCNC(c1cccc(Cl)c1Cl)C(CCC)CCC. The second-order valence-corrected chi connectivity index (χ2v) is 6.20. The van der Waals surface area contributed by atoms with Crippen molar-refractivity contribution in [3.8, 4) is 0 Å². The highest BCUT2D eigenvalue weighted by atomic mass is 35.5. The smallest absolute Gasteiger partial charge is 0.0640 e. The van der Waals surface area contributed by atoms with Gasteiger partial charge in [-0.05, 0) is 43.4 Å². The summed E-state index contributed by atoms with van der Waals surface area (Å²) in [4.78, 5) is 0. The third-order valence-corrected chi connectivity index (χ3v) is 4.55. The zero-order valence-electron chi connectivity index (χ0n) is 12.9. The van der Waals surface area contributed by atoms with Crippen molar-refractivity contribution in [1.82, 2.24) is 5.32 Å². The molecule has 1 rings (SSSR count). The summed E-state index contributed by atoms with van der Waals surface area (Å²) in [7, 11) is 0. The monoisotopic (exact) mass is 315 g/mol. The molecule has 20 heavy (non-hydrogen) atoms. The molecular weight excluding hydrogens is 289 g/mol. The molecule has 0 aromatic heterocycles. The molecule has 0 saturated heterocycles. The van der Waals surface area contributed by atoms with Crippen molar-refractivity contribution in [1.29, 1.82) is 0 Å². The molecule has 1 atom stereocenters. The molecule has 0 aliphatic heterocycles. The highest BCUT2D eigenvalue weighted by Gasteiger charge is 2.24. The van der Waals surface area contributed by atoms with Gasteiger partial charge in [-0.1, -0.05) is 68.9 Å². The number of nitrogens with one attached hydrogen (secondary N) is 1. The quantitative estimate of drug-likeness (QED) is 0.567. The van der Waals surface area contributed by atoms with Crippen molar-refractivity contribution in [2.24, 2.45) is 5.92 Å². The fourth-order valence-corrected chi connectivity index (χ4v) is 3.24. The predicted octanol–water partition coefficient (Wildman–Crippen LogP) is 6.25. The lowest BCUT2D eigenvalue weighted by atomic mass is 9.86. The Kier molecular flexibility index (Phi) is 8.60. The van der Waals surface area contributed by atoms with E-state index in [1.807, 2.05) is 12.1 Å². The van der Waals surface area contributed by atoms with Gasteiger partial charge in [0.25, 0.3) is 0 Å². The number of halogens is 2. The first-order valence-electron chi connectivity index (χ1n) is 7.82. The lowest BCUT2D eigenvalue weighted by Gasteiger charge is -2.29. The molecule has 1 N–H and O–H groups in total. The minimum absolute atomic E-state index is 0.307. The summed E-state index contributed by atoms with van der Waals surface area (Å²) in [5, 5.41) is 5.04. The minimum atomic E-state index is 0.307. The van der Waals surface area contributed by atoms with Gasteiger partial charge in [0.15, 0.2) is 0 Å². The third kappa shape index (κ3) is 4.95. The highest BCUT2D eigenvalue weighted by Crippen LogP contribution is 2.36. The average Bonchev–Trinajstić information content (AvgIpc) is 2.44. The van der Waals surface area contributed by atoms with Gasteiger partial charge in [-0.2, -0.15) is 0 Å². The summed E-state index contributed by atoms with van der Waals surface area (Å²) in [5.41, 5.74) is 1.15. The Labute approximate surface area is 134 Å². The number of hydrogen-bond acceptors (Lipinski definition) is 1. The van der Waals surface area contributed by atoms with Crippen LogP contribution in [0.25, 0.3) is 0 Å². The standard InChI is InChI=1S/C17H27Cl2N/c1-4-8-13(9-5-2)17(20-12-6-3)14-10-7-11-15(18)16(14)19/h7,10-11,13,17,20H,4-6,8-9,12H2,1-3H3. The molecule has 1 aromatic rings. The van der Waals surface area contributed by atoms with Crippen LogP contribution in [-0.4, -0.2) is 6.54 Å². The molecule has 0 aliphatic rings. The van der Waals surface area contributed by atoms with E-state index < -0.39 is 0 Å². The van der Waals surface area contributed by atoms with Crippen LogP contribution in [0.15, 0.2) is 18.2 Å². The van der Waals surface area contributed by atoms with Crippen molar-refractivity contribution in [3.63, 3.8) is 0 Å². The Balaban J connectivity index is 3.05. The largest absolute Gasteiger partial charge is 0.310 e. The number of hydrogen-bond donors (Lipinski definition) is 1. The van der Waals surface area contributed by atoms with Gasteiger partial charge in [-0.15, -0.1) is 0 Å². The summed E-state index contributed by atoms with van der Waals surface area (Å²) in [6.45, 7) is 7.70. The predicted molar refractivity (Wildman–Crippen MR) is 90.8 cm³/mol. The van der Waals surface area contributed by atoms with Crippen LogP contribution in [0.5, 0.6) is 0 Å². The van der Waals surface area contributed by atoms with Crippen molar-refractivity contribution in [2.45, 2.75) is 58.9 Å². The highest BCUT2D eigenvalue weighted by molar-refractivity contribution is 6.42. The van der Waals surface area contributed by atoms with E-state index in [-0.39, 0.29) is 0 Å². The molecule has 0 radical (unpaired) electrons. The van der Waals surface area contributed by atoms with Crippen LogP contribution in [0.3, 0.4) is 0 Å². The Morgan fingerprint density at radius 3 is 2.20 bits per heavy atom. The first kappa shape index (κ1) is 17.8. The average molecular weight is 316 g/mol. The maximum atomic E-state index is 6.44. The topological polar surface area (TPSA) is 12.0 Å². The molecule has 0 amide bonds. The van der Waals surface area contributed by atoms with E-state index in [0.29, 0.717) is 22.0 Å². The fourth-order valence-electron chi connectivity index (χ4n) is 2.81. The van der Waals surface area contributed by atoms with Gasteiger partial charge >= 0.3 is 0 Å². The molecule has 0 spiro atoms. The first-order valence-corrected chi connectivity index (χ1v) is 8.58. The molecule has 114 valence electrons. The Morgan fingerprint density at radius 1 is 1.00 bits per heavy atom. The van der Waals surface area contributed by atoms with Gasteiger partial charge in [0, 0.05) is 6.04 Å².